The van der Waals surface area contributed by atoms with Crippen molar-refractivity contribution in [2.24, 2.45) is 15.2 Å². The van der Waals surface area contributed by atoms with E-state index in [1.165, 1.54) is 0 Å². The number of ether oxygens (including phenoxy) is 1. The van der Waals surface area contributed by atoms with Gasteiger partial charge < -0.3 is 4.74 Å². The summed E-state index contributed by atoms with van der Waals surface area (Å²) in [6.45, 7) is 0. The average Bonchev–Trinajstić information content (AvgIpc) is 2.67. The van der Waals surface area contributed by atoms with Gasteiger partial charge in [0.2, 0.25) is 0 Å². The maximum Gasteiger partial charge on any atom is 0.118 e. The molecule has 0 aliphatic carbocycles. The molecule has 3 rings (SSSR count). The third-order valence-corrected chi connectivity index (χ3v) is 3.37. The standard InChI is InChI=1S/C20H17N3O.FH/c1-24-20-13-7-16(8-14-20)15-21-17-9-11-19(12-10-17)23-22-18-5-3-2-4-6-18;/h2-15H,1H3;1H. The van der Waals surface area contributed by atoms with Gasteiger partial charge in [-0.2, -0.15) is 10.2 Å². The first-order valence-electron chi connectivity index (χ1n) is 7.58. The second-order valence-electron chi connectivity index (χ2n) is 5.08. The van der Waals surface area contributed by atoms with Crippen molar-refractivity contribution in [1.29, 1.82) is 0 Å². The zero-order chi connectivity index (χ0) is 16.6. The summed E-state index contributed by atoms with van der Waals surface area (Å²) in [6.07, 6.45) is 1.82. The fourth-order valence-electron chi connectivity index (χ4n) is 2.05. The highest BCUT2D eigenvalue weighted by Crippen LogP contribution is 2.21. The van der Waals surface area contributed by atoms with Crippen LogP contribution in [0, 0.1) is 0 Å². The van der Waals surface area contributed by atoms with Crippen LogP contribution >= 0.6 is 0 Å². The molecule has 0 atom stereocenters. The Morgan fingerprint density at radius 3 is 1.84 bits per heavy atom. The normalized spacial score (nSPS) is 10.8. The molecule has 0 spiro atoms. The molecule has 0 aliphatic heterocycles. The van der Waals surface area contributed by atoms with Gasteiger partial charge in [0.1, 0.15) is 5.75 Å². The quantitative estimate of drug-likeness (QED) is 0.416. The number of rotatable bonds is 5. The zero-order valence-corrected chi connectivity index (χ0v) is 13.7. The molecule has 0 heterocycles. The molecule has 3 aromatic carbocycles. The number of benzene rings is 3. The highest BCUT2D eigenvalue weighted by atomic mass is 19.0. The van der Waals surface area contributed by atoms with Gasteiger partial charge in [-0.05, 0) is 66.2 Å². The number of methoxy groups -OCH3 is 1. The Bertz CT molecular complexity index is 829. The summed E-state index contributed by atoms with van der Waals surface area (Å²) in [5.41, 5.74) is 3.51. The van der Waals surface area contributed by atoms with Gasteiger partial charge >= 0.3 is 0 Å². The lowest BCUT2D eigenvalue weighted by Crippen LogP contribution is -1.84. The van der Waals surface area contributed by atoms with E-state index in [9.17, 15) is 0 Å². The highest BCUT2D eigenvalue weighted by Gasteiger charge is 1.94. The predicted molar refractivity (Wildman–Crippen MR) is 99.8 cm³/mol. The van der Waals surface area contributed by atoms with E-state index in [0.717, 1.165) is 28.4 Å². The number of hydrogen-bond acceptors (Lipinski definition) is 4. The highest BCUT2D eigenvalue weighted by molar-refractivity contribution is 5.82. The van der Waals surface area contributed by atoms with E-state index in [4.69, 9.17) is 4.74 Å². The summed E-state index contributed by atoms with van der Waals surface area (Å²) in [5.74, 6) is 0.834. The Kier molecular flexibility index (Phi) is 6.54. The average molecular weight is 335 g/mol. The van der Waals surface area contributed by atoms with E-state index < -0.39 is 0 Å². The second kappa shape index (κ2) is 9.08. The zero-order valence-electron chi connectivity index (χ0n) is 13.7. The fraction of sp³-hybridized carbons (Fsp3) is 0.0500. The number of aliphatic imine (C=N–C) groups is 1. The van der Waals surface area contributed by atoms with Crippen LogP contribution in [0.5, 0.6) is 5.75 Å². The van der Waals surface area contributed by atoms with Crippen molar-refractivity contribution in [2.75, 3.05) is 7.11 Å². The lowest BCUT2D eigenvalue weighted by Gasteiger charge is -1.99. The van der Waals surface area contributed by atoms with Gasteiger partial charge in [0.25, 0.3) is 0 Å². The molecule has 0 radical (unpaired) electrons. The molecular weight excluding hydrogens is 317 g/mol. The lowest BCUT2D eigenvalue weighted by molar-refractivity contribution is 0.415. The smallest absolute Gasteiger partial charge is 0.118 e. The minimum atomic E-state index is 0. The Morgan fingerprint density at radius 1 is 0.680 bits per heavy atom. The van der Waals surface area contributed by atoms with E-state index >= 15 is 0 Å². The van der Waals surface area contributed by atoms with E-state index in [-0.39, 0.29) is 4.70 Å². The molecule has 4 nitrogen and oxygen atoms in total. The number of nitrogens with zero attached hydrogens (tertiary/aromatic N) is 3. The molecule has 0 bridgehead atoms. The largest absolute Gasteiger partial charge is 0.497 e. The number of hydrogen-bond donors (Lipinski definition) is 0. The molecule has 0 amide bonds. The Morgan fingerprint density at radius 2 is 1.24 bits per heavy atom. The van der Waals surface area contributed by atoms with Crippen LogP contribution in [0.1, 0.15) is 5.56 Å². The van der Waals surface area contributed by atoms with Crippen molar-refractivity contribution in [1.82, 2.24) is 0 Å². The van der Waals surface area contributed by atoms with Crippen LogP contribution in [0.25, 0.3) is 0 Å². The fourth-order valence-corrected chi connectivity index (χ4v) is 2.05. The number of halogens is 1. The summed E-state index contributed by atoms with van der Waals surface area (Å²) in [4.78, 5) is 4.45. The molecular formula is C20H18FN3O. The van der Waals surface area contributed by atoms with Crippen molar-refractivity contribution in [3.63, 3.8) is 0 Å². The first-order valence-corrected chi connectivity index (χ1v) is 7.58. The van der Waals surface area contributed by atoms with Crippen LogP contribution in [-0.4, -0.2) is 13.3 Å². The van der Waals surface area contributed by atoms with Crippen LogP contribution in [0.2, 0.25) is 0 Å². The van der Waals surface area contributed by atoms with Crippen molar-refractivity contribution in [3.8, 4) is 5.75 Å². The number of azo groups is 1. The van der Waals surface area contributed by atoms with Crippen molar-refractivity contribution < 1.29 is 9.44 Å². The van der Waals surface area contributed by atoms with Gasteiger partial charge in [-0.25, -0.2) is 0 Å². The first kappa shape index (κ1) is 18.0. The van der Waals surface area contributed by atoms with Gasteiger partial charge in [-0.15, -0.1) is 0 Å². The molecule has 0 aromatic heterocycles. The van der Waals surface area contributed by atoms with Crippen LogP contribution < -0.4 is 4.74 Å². The van der Waals surface area contributed by atoms with E-state index in [1.807, 2.05) is 85.1 Å². The predicted octanol–water partition coefficient (Wildman–Crippen LogP) is 6.01. The van der Waals surface area contributed by atoms with Crippen LogP contribution in [0.4, 0.5) is 21.8 Å². The first-order chi connectivity index (χ1) is 11.8. The third kappa shape index (κ3) is 5.35. The molecule has 0 N–H and O–H groups in total. The lowest BCUT2D eigenvalue weighted by atomic mass is 10.2. The summed E-state index contributed by atoms with van der Waals surface area (Å²) in [7, 11) is 1.65. The summed E-state index contributed by atoms with van der Waals surface area (Å²) in [5, 5.41) is 8.40. The Balaban J connectivity index is 0.00000225. The Labute approximate surface area is 145 Å². The monoisotopic (exact) mass is 335 g/mol. The topological polar surface area (TPSA) is 46.3 Å². The maximum absolute atomic E-state index is 5.14. The van der Waals surface area contributed by atoms with E-state index in [2.05, 4.69) is 15.2 Å². The summed E-state index contributed by atoms with van der Waals surface area (Å²) < 4.78 is 5.14. The molecule has 0 unspecified atom stereocenters. The second-order valence-corrected chi connectivity index (χ2v) is 5.08. The van der Waals surface area contributed by atoms with Crippen molar-refractivity contribution in [2.45, 2.75) is 0 Å². The van der Waals surface area contributed by atoms with E-state index in [0.29, 0.717) is 0 Å². The molecule has 0 saturated carbocycles. The van der Waals surface area contributed by atoms with E-state index in [1.54, 1.807) is 7.11 Å². The minimum absolute atomic E-state index is 0. The van der Waals surface area contributed by atoms with Crippen LogP contribution in [0.15, 0.2) is 94.1 Å². The summed E-state index contributed by atoms with van der Waals surface area (Å²) in [6, 6.07) is 25.0. The van der Waals surface area contributed by atoms with Crippen molar-refractivity contribution >= 4 is 23.3 Å². The molecule has 0 fully saturated rings. The minimum Gasteiger partial charge on any atom is -0.497 e. The SMILES string of the molecule is COc1ccc(C=Nc2ccc(N=Nc3ccccc3)cc2)cc1.F. The van der Waals surface area contributed by atoms with Crippen LogP contribution in [0.3, 0.4) is 0 Å². The van der Waals surface area contributed by atoms with Gasteiger partial charge in [-0.1, -0.05) is 18.2 Å². The van der Waals surface area contributed by atoms with Gasteiger partial charge in [0, 0.05) is 6.21 Å². The van der Waals surface area contributed by atoms with Crippen LogP contribution in [-0.2, 0) is 0 Å². The third-order valence-electron chi connectivity index (χ3n) is 3.37. The molecule has 0 aliphatic rings. The van der Waals surface area contributed by atoms with Gasteiger partial charge in [0.15, 0.2) is 0 Å². The molecule has 126 valence electrons. The molecule has 0 saturated heterocycles. The van der Waals surface area contributed by atoms with Gasteiger partial charge in [-0.3, -0.25) is 9.70 Å². The maximum atomic E-state index is 5.14. The Hall–Kier alpha value is -3.34. The van der Waals surface area contributed by atoms with Gasteiger partial charge in [0.05, 0.1) is 24.2 Å². The van der Waals surface area contributed by atoms with Crippen molar-refractivity contribution in [3.05, 3.63) is 84.4 Å². The summed E-state index contributed by atoms with van der Waals surface area (Å²) >= 11 is 0. The molecule has 3 aromatic rings. The molecule has 25 heavy (non-hydrogen) atoms. The molecule has 5 heteroatoms.